The van der Waals surface area contributed by atoms with Gasteiger partial charge in [0, 0.05) is 23.7 Å². The highest BCUT2D eigenvalue weighted by atomic mass is 16.5. The molecular formula is C25H28N2O3. The van der Waals surface area contributed by atoms with Crippen molar-refractivity contribution in [3.8, 4) is 28.3 Å². The summed E-state index contributed by atoms with van der Waals surface area (Å²) in [5, 5.41) is 0. The van der Waals surface area contributed by atoms with Gasteiger partial charge >= 0.3 is 5.97 Å². The predicted octanol–water partition coefficient (Wildman–Crippen LogP) is 5.50. The smallest absolute Gasteiger partial charge is 0.305 e. The van der Waals surface area contributed by atoms with Crippen molar-refractivity contribution in [2.45, 2.75) is 32.6 Å². The van der Waals surface area contributed by atoms with Gasteiger partial charge < -0.3 is 15.2 Å². The van der Waals surface area contributed by atoms with Crippen LogP contribution < -0.4 is 10.5 Å². The van der Waals surface area contributed by atoms with Crippen LogP contribution in [0.1, 0.15) is 32.6 Å². The van der Waals surface area contributed by atoms with E-state index >= 15 is 0 Å². The number of ether oxygens (including phenoxy) is 2. The van der Waals surface area contributed by atoms with Crippen LogP contribution in [-0.4, -0.2) is 24.2 Å². The molecule has 0 aliphatic carbocycles. The number of benzene rings is 2. The van der Waals surface area contributed by atoms with Gasteiger partial charge in [0.1, 0.15) is 0 Å². The number of pyridine rings is 1. The molecule has 156 valence electrons. The molecule has 0 aliphatic heterocycles. The number of carbonyl (C=O) groups excluding carboxylic acids is 1. The molecule has 0 saturated heterocycles. The number of hydrogen-bond acceptors (Lipinski definition) is 5. The van der Waals surface area contributed by atoms with Gasteiger partial charge in [-0.1, -0.05) is 42.5 Å². The Balaban J connectivity index is 1.68. The molecule has 0 spiro atoms. The van der Waals surface area contributed by atoms with E-state index in [1.54, 1.807) is 0 Å². The number of unbranched alkanes of at least 4 members (excludes halogenated alkanes) is 2. The molecule has 0 aliphatic rings. The van der Waals surface area contributed by atoms with Crippen LogP contribution in [-0.2, 0) is 9.53 Å². The molecule has 2 aromatic carbocycles. The summed E-state index contributed by atoms with van der Waals surface area (Å²) in [6.07, 6.45) is 3.02. The lowest BCUT2D eigenvalue weighted by molar-refractivity contribution is -0.143. The summed E-state index contributed by atoms with van der Waals surface area (Å²) in [7, 11) is 0. The van der Waals surface area contributed by atoms with Gasteiger partial charge in [-0.15, -0.1) is 0 Å². The Morgan fingerprint density at radius 1 is 0.900 bits per heavy atom. The van der Waals surface area contributed by atoms with Gasteiger partial charge in [0.2, 0.25) is 5.88 Å². The van der Waals surface area contributed by atoms with Crippen molar-refractivity contribution in [2.75, 3.05) is 18.9 Å². The molecule has 30 heavy (non-hydrogen) atoms. The Bertz CT molecular complexity index is 940. The lowest BCUT2D eigenvalue weighted by Crippen LogP contribution is -2.04. The van der Waals surface area contributed by atoms with Crippen LogP contribution in [0.5, 0.6) is 5.88 Å². The summed E-state index contributed by atoms with van der Waals surface area (Å²) < 4.78 is 10.9. The summed E-state index contributed by atoms with van der Waals surface area (Å²) in [6.45, 7) is 2.80. The molecule has 0 amide bonds. The highest BCUT2D eigenvalue weighted by Gasteiger charge is 2.08. The van der Waals surface area contributed by atoms with Gasteiger partial charge in [-0.05, 0) is 55.5 Å². The van der Waals surface area contributed by atoms with Crippen LogP contribution in [0.3, 0.4) is 0 Å². The number of anilines is 1. The maximum absolute atomic E-state index is 11.4. The third kappa shape index (κ3) is 6.34. The molecule has 5 nitrogen and oxygen atoms in total. The van der Waals surface area contributed by atoms with Gasteiger partial charge in [-0.2, -0.15) is 0 Å². The van der Waals surface area contributed by atoms with E-state index in [4.69, 9.17) is 20.2 Å². The first kappa shape index (κ1) is 21.4. The fourth-order valence-corrected chi connectivity index (χ4v) is 3.14. The van der Waals surface area contributed by atoms with Gasteiger partial charge in [0.25, 0.3) is 0 Å². The molecule has 3 aromatic rings. The second-order valence-corrected chi connectivity index (χ2v) is 7.03. The summed E-state index contributed by atoms with van der Waals surface area (Å²) >= 11 is 0. The van der Waals surface area contributed by atoms with Crippen LogP contribution in [0.25, 0.3) is 22.4 Å². The number of nitrogens with two attached hydrogens (primary N) is 1. The number of carbonyl (C=O) groups is 1. The second-order valence-electron chi connectivity index (χ2n) is 7.03. The van der Waals surface area contributed by atoms with Gasteiger partial charge in [-0.3, -0.25) is 4.79 Å². The molecule has 1 aromatic heterocycles. The average Bonchev–Trinajstić information content (AvgIpc) is 2.77. The van der Waals surface area contributed by atoms with E-state index in [0.717, 1.165) is 47.3 Å². The van der Waals surface area contributed by atoms with Crippen molar-refractivity contribution in [3.63, 3.8) is 0 Å². The molecule has 0 radical (unpaired) electrons. The van der Waals surface area contributed by atoms with Crippen molar-refractivity contribution in [2.24, 2.45) is 0 Å². The average molecular weight is 405 g/mol. The topological polar surface area (TPSA) is 74.4 Å². The standard InChI is InChI=1S/C25H28N2O3/c1-2-29-25(28)11-7-4-8-16-30-24-18-21(19-12-14-22(26)15-13-19)17-23(27-24)20-9-5-3-6-10-20/h3,5-6,9-10,12-15,17-18H,2,4,7-8,11,16,26H2,1H3. The Morgan fingerprint density at radius 2 is 1.67 bits per heavy atom. The molecule has 0 atom stereocenters. The molecule has 5 heteroatoms. The summed E-state index contributed by atoms with van der Waals surface area (Å²) in [6, 6.07) is 21.8. The first-order valence-corrected chi connectivity index (χ1v) is 10.4. The fraction of sp³-hybridized carbons (Fsp3) is 0.280. The van der Waals surface area contributed by atoms with E-state index in [-0.39, 0.29) is 5.97 Å². The predicted molar refractivity (Wildman–Crippen MR) is 120 cm³/mol. The van der Waals surface area contributed by atoms with E-state index in [0.29, 0.717) is 25.5 Å². The van der Waals surface area contributed by atoms with Crippen molar-refractivity contribution in [1.29, 1.82) is 0 Å². The number of nitrogens with zero attached hydrogens (tertiary/aromatic N) is 1. The van der Waals surface area contributed by atoms with E-state index in [9.17, 15) is 4.79 Å². The van der Waals surface area contributed by atoms with Crippen LogP contribution >= 0.6 is 0 Å². The minimum atomic E-state index is -0.135. The first-order valence-electron chi connectivity index (χ1n) is 10.4. The highest BCUT2D eigenvalue weighted by molar-refractivity contribution is 5.72. The Kier molecular flexibility index (Phi) is 7.84. The maximum Gasteiger partial charge on any atom is 0.305 e. The summed E-state index contributed by atoms with van der Waals surface area (Å²) in [5.41, 5.74) is 10.5. The van der Waals surface area contributed by atoms with Crippen LogP contribution in [0, 0.1) is 0 Å². The van der Waals surface area contributed by atoms with Gasteiger partial charge in [0.05, 0.1) is 18.9 Å². The molecule has 2 N–H and O–H groups in total. The molecule has 3 rings (SSSR count). The zero-order chi connectivity index (χ0) is 21.2. The number of hydrogen-bond donors (Lipinski definition) is 1. The zero-order valence-electron chi connectivity index (χ0n) is 17.3. The normalized spacial score (nSPS) is 10.6. The zero-order valence-corrected chi connectivity index (χ0v) is 17.3. The molecule has 0 saturated carbocycles. The van der Waals surface area contributed by atoms with E-state index in [2.05, 4.69) is 6.07 Å². The first-order chi connectivity index (χ1) is 14.7. The quantitative estimate of drug-likeness (QED) is 0.274. The van der Waals surface area contributed by atoms with Gasteiger partial charge in [0.15, 0.2) is 0 Å². The lowest BCUT2D eigenvalue weighted by atomic mass is 10.0. The highest BCUT2D eigenvalue weighted by Crippen LogP contribution is 2.29. The maximum atomic E-state index is 11.4. The Hall–Kier alpha value is -3.34. The Morgan fingerprint density at radius 3 is 2.40 bits per heavy atom. The third-order valence-electron chi connectivity index (χ3n) is 4.70. The fourth-order valence-electron chi connectivity index (χ4n) is 3.14. The minimum absolute atomic E-state index is 0.135. The largest absolute Gasteiger partial charge is 0.478 e. The summed E-state index contributed by atoms with van der Waals surface area (Å²) in [4.78, 5) is 16.1. The van der Waals surface area contributed by atoms with E-state index < -0.39 is 0 Å². The van der Waals surface area contributed by atoms with Crippen molar-refractivity contribution in [1.82, 2.24) is 4.98 Å². The van der Waals surface area contributed by atoms with Crippen molar-refractivity contribution >= 4 is 11.7 Å². The van der Waals surface area contributed by atoms with Crippen molar-refractivity contribution in [3.05, 3.63) is 66.7 Å². The molecule has 0 fully saturated rings. The molecule has 1 heterocycles. The van der Waals surface area contributed by atoms with Crippen LogP contribution in [0.4, 0.5) is 5.69 Å². The number of nitrogen functional groups attached to an aromatic ring is 1. The molecule has 0 unspecified atom stereocenters. The second kappa shape index (κ2) is 11.0. The minimum Gasteiger partial charge on any atom is -0.478 e. The van der Waals surface area contributed by atoms with Gasteiger partial charge in [-0.25, -0.2) is 4.98 Å². The molecular weight excluding hydrogens is 376 g/mol. The number of esters is 1. The van der Waals surface area contributed by atoms with Crippen LogP contribution in [0.15, 0.2) is 66.7 Å². The van der Waals surface area contributed by atoms with E-state index in [1.807, 2.05) is 67.6 Å². The monoisotopic (exact) mass is 404 g/mol. The van der Waals surface area contributed by atoms with Crippen LogP contribution in [0.2, 0.25) is 0 Å². The number of aromatic nitrogens is 1. The number of rotatable bonds is 10. The lowest BCUT2D eigenvalue weighted by Gasteiger charge is -2.11. The SMILES string of the molecule is CCOC(=O)CCCCCOc1cc(-c2ccc(N)cc2)cc(-c2ccccc2)n1. The van der Waals surface area contributed by atoms with Crippen molar-refractivity contribution < 1.29 is 14.3 Å². The van der Waals surface area contributed by atoms with E-state index in [1.165, 1.54) is 0 Å². The summed E-state index contributed by atoms with van der Waals surface area (Å²) in [5.74, 6) is 0.456. The Labute approximate surface area is 177 Å². The third-order valence-corrected chi connectivity index (χ3v) is 4.70. The molecule has 0 bridgehead atoms.